The van der Waals surface area contributed by atoms with Gasteiger partial charge in [0.05, 0.1) is 19.1 Å². The lowest BCUT2D eigenvalue weighted by atomic mass is 9.84. The normalized spacial score (nSPS) is 24.1. The largest absolute Gasteiger partial charge is 0.487 e. The third-order valence-corrected chi connectivity index (χ3v) is 6.38. The van der Waals surface area contributed by atoms with Gasteiger partial charge in [0.25, 0.3) is 5.91 Å². The first kappa shape index (κ1) is 22.5. The first-order valence-electron chi connectivity index (χ1n) is 11.6. The topological polar surface area (TPSA) is 115 Å². The molecule has 9 heteroatoms. The van der Waals surface area contributed by atoms with E-state index in [1.165, 1.54) is 0 Å². The van der Waals surface area contributed by atoms with Crippen LogP contribution in [0, 0.1) is 0 Å². The van der Waals surface area contributed by atoms with Gasteiger partial charge in [-0.3, -0.25) is 9.59 Å². The van der Waals surface area contributed by atoms with Crippen LogP contribution in [-0.4, -0.2) is 55.2 Å². The highest BCUT2D eigenvalue weighted by molar-refractivity contribution is 6.04. The first-order valence-corrected chi connectivity index (χ1v) is 11.6. The predicted octanol–water partition coefficient (Wildman–Crippen LogP) is 2.58. The van der Waals surface area contributed by atoms with E-state index in [0.717, 1.165) is 12.0 Å². The zero-order chi connectivity index (χ0) is 23.7. The molecule has 0 aliphatic carbocycles. The molecule has 2 aromatic rings. The van der Waals surface area contributed by atoms with E-state index in [0.29, 0.717) is 41.5 Å². The Hall–Kier alpha value is -3.30. The van der Waals surface area contributed by atoms with Gasteiger partial charge in [-0.1, -0.05) is 6.92 Å². The molecule has 3 aliphatic rings. The number of anilines is 1. The van der Waals surface area contributed by atoms with Crippen molar-refractivity contribution in [2.45, 2.75) is 50.4 Å². The highest BCUT2D eigenvalue weighted by Crippen LogP contribution is 2.47. The first-order chi connectivity index (χ1) is 16.6. The van der Waals surface area contributed by atoms with Crippen molar-refractivity contribution < 1.29 is 33.6 Å². The van der Waals surface area contributed by atoms with Crippen LogP contribution in [0.25, 0.3) is 0 Å². The Balaban J connectivity index is 1.31. The molecule has 34 heavy (non-hydrogen) atoms. The number of hydrogen-bond acceptors (Lipinski definition) is 7. The number of carbonyl (C=O) groups excluding carboxylic acids is 2. The van der Waals surface area contributed by atoms with E-state index >= 15 is 0 Å². The van der Waals surface area contributed by atoms with E-state index in [1.807, 2.05) is 19.1 Å². The summed E-state index contributed by atoms with van der Waals surface area (Å²) < 4.78 is 22.8. The number of rotatable bonds is 7. The summed E-state index contributed by atoms with van der Waals surface area (Å²) in [6, 6.07) is 10.6. The molecular formula is C25H28N2O7. The summed E-state index contributed by atoms with van der Waals surface area (Å²) in [5.41, 5.74) is 2.03. The maximum Gasteiger partial charge on any atom is 0.255 e. The minimum absolute atomic E-state index is 0.0488. The highest BCUT2D eigenvalue weighted by atomic mass is 16.7. The summed E-state index contributed by atoms with van der Waals surface area (Å²) in [6.45, 7) is 2.57. The number of benzene rings is 2. The molecule has 1 saturated heterocycles. The van der Waals surface area contributed by atoms with Crippen LogP contribution in [0.3, 0.4) is 0 Å². The zero-order valence-corrected chi connectivity index (χ0v) is 18.9. The Morgan fingerprint density at radius 2 is 1.91 bits per heavy atom. The van der Waals surface area contributed by atoms with Gasteiger partial charge in [-0.2, -0.15) is 0 Å². The van der Waals surface area contributed by atoms with E-state index in [9.17, 15) is 14.7 Å². The monoisotopic (exact) mass is 468 g/mol. The molecule has 5 rings (SSSR count). The van der Waals surface area contributed by atoms with Crippen molar-refractivity contribution in [2.24, 2.45) is 0 Å². The van der Waals surface area contributed by atoms with Crippen molar-refractivity contribution in [1.29, 1.82) is 0 Å². The highest BCUT2D eigenvalue weighted by Gasteiger charge is 2.46. The number of aliphatic hydroxyl groups is 1. The molecule has 3 heterocycles. The smallest absolute Gasteiger partial charge is 0.255 e. The predicted molar refractivity (Wildman–Crippen MR) is 122 cm³/mol. The van der Waals surface area contributed by atoms with E-state index < -0.39 is 6.10 Å². The van der Waals surface area contributed by atoms with Gasteiger partial charge >= 0.3 is 0 Å². The molecule has 180 valence electrons. The minimum atomic E-state index is -0.526. The Labute approximate surface area is 197 Å². The van der Waals surface area contributed by atoms with Crippen molar-refractivity contribution in [3.05, 3.63) is 47.5 Å². The molecule has 0 radical (unpaired) electrons. The van der Waals surface area contributed by atoms with Crippen molar-refractivity contribution in [3.63, 3.8) is 0 Å². The molecule has 4 atom stereocenters. The number of ether oxygens (including phenoxy) is 4. The van der Waals surface area contributed by atoms with Crippen molar-refractivity contribution >= 4 is 17.5 Å². The molecule has 1 fully saturated rings. The molecule has 3 aliphatic heterocycles. The quantitative estimate of drug-likeness (QED) is 0.572. The van der Waals surface area contributed by atoms with E-state index in [4.69, 9.17) is 18.9 Å². The molecule has 2 aromatic carbocycles. The second-order valence-corrected chi connectivity index (χ2v) is 8.73. The fourth-order valence-electron chi connectivity index (χ4n) is 4.75. The molecule has 3 N–H and O–H groups in total. The maximum atomic E-state index is 12.8. The van der Waals surface area contributed by atoms with Gasteiger partial charge < -0.3 is 34.7 Å². The Morgan fingerprint density at radius 3 is 2.74 bits per heavy atom. The molecule has 2 amide bonds. The molecule has 0 spiro atoms. The average Bonchev–Trinajstić information content (AvgIpc) is 3.46. The van der Waals surface area contributed by atoms with Crippen LogP contribution >= 0.6 is 0 Å². The SMILES string of the molecule is CCCNC(=O)C[C@@H]1C[C@@H]2c3cc(NC(=O)c4ccc5c(c4)OCO5)ccc3O[C@@H]2[C@@H](CO)O1. The third-order valence-electron chi connectivity index (χ3n) is 6.38. The van der Waals surface area contributed by atoms with Crippen LogP contribution in [0.4, 0.5) is 5.69 Å². The fourth-order valence-corrected chi connectivity index (χ4v) is 4.75. The summed E-state index contributed by atoms with van der Waals surface area (Å²) in [7, 11) is 0. The number of fused-ring (bicyclic) bond motifs is 4. The number of hydrogen-bond donors (Lipinski definition) is 3. The van der Waals surface area contributed by atoms with Gasteiger partial charge in [-0.25, -0.2) is 0 Å². The zero-order valence-electron chi connectivity index (χ0n) is 18.9. The van der Waals surface area contributed by atoms with Crippen LogP contribution in [0.2, 0.25) is 0 Å². The van der Waals surface area contributed by atoms with Gasteiger partial charge in [0.2, 0.25) is 12.7 Å². The van der Waals surface area contributed by atoms with Crippen LogP contribution < -0.4 is 24.8 Å². The summed E-state index contributed by atoms with van der Waals surface area (Å²) in [5, 5.41) is 15.7. The summed E-state index contributed by atoms with van der Waals surface area (Å²) in [6.07, 6.45) is 0.500. The molecule has 9 nitrogen and oxygen atoms in total. The lowest BCUT2D eigenvalue weighted by Crippen LogP contribution is -2.47. The summed E-state index contributed by atoms with van der Waals surface area (Å²) in [5.74, 6) is 1.49. The molecule has 0 unspecified atom stereocenters. The van der Waals surface area contributed by atoms with Crippen molar-refractivity contribution in [3.8, 4) is 17.2 Å². The minimum Gasteiger partial charge on any atom is -0.487 e. The van der Waals surface area contributed by atoms with E-state index in [1.54, 1.807) is 24.3 Å². The number of nitrogens with one attached hydrogen (secondary N) is 2. The second kappa shape index (κ2) is 9.52. The number of aliphatic hydroxyl groups excluding tert-OH is 1. The summed E-state index contributed by atoms with van der Waals surface area (Å²) >= 11 is 0. The molecule has 0 bridgehead atoms. The van der Waals surface area contributed by atoms with Gasteiger partial charge in [0.1, 0.15) is 18.0 Å². The van der Waals surface area contributed by atoms with Crippen LogP contribution in [-0.2, 0) is 9.53 Å². The van der Waals surface area contributed by atoms with Gasteiger partial charge in [0, 0.05) is 29.3 Å². The maximum absolute atomic E-state index is 12.8. The van der Waals surface area contributed by atoms with Crippen molar-refractivity contribution in [2.75, 3.05) is 25.3 Å². The standard InChI is InChI=1S/C25H28N2O7/c1-2-7-26-23(29)11-16-10-18-17-9-15(4-6-19(17)34-24(18)22(12-28)33-16)27-25(30)14-3-5-20-21(8-14)32-13-31-20/h3-6,8-9,16,18,22,24,28H,2,7,10-13H2,1H3,(H,26,29)(H,27,30)/t16-,18+,22+,24-/m0/s1. The molecule has 0 saturated carbocycles. The lowest BCUT2D eigenvalue weighted by Gasteiger charge is -2.37. The lowest BCUT2D eigenvalue weighted by molar-refractivity contribution is -0.142. The molecular weight excluding hydrogens is 440 g/mol. The fraction of sp³-hybridized carbons (Fsp3) is 0.440. The van der Waals surface area contributed by atoms with Gasteiger partial charge in [0.15, 0.2) is 11.5 Å². The van der Waals surface area contributed by atoms with Gasteiger partial charge in [-0.15, -0.1) is 0 Å². The molecule has 0 aromatic heterocycles. The van der Waals surface area contributed by atoms with Crippen molar-refractivity contribution in [1.82, 2.24) is 5.32 Å². The van der Waals surface area contributed by atoms with Crippen LogP contribution in [0.5, 0.6) is 17.2 Å². The second-order valence-electron chi connectivity index (χ2n) is 8.73. The Bertz CT molecular complexity index is 1090. The summed E-state index contributed by atoms with van der Waals surface area (Å²) in [4.78, 5) is 25.1. The van der Waals surface area contributed by atoms with E-state index in [2.05, 4.69) is 10.6 Å². The number of amides is 2. The van der Waals surface area contributed by atoms with Crippen LogP contribution in [0.1, 0.15) is 48.0 Å². The van der Waals surface area contributed by atoms with Gasteiger partial charge in [-0.05, 0) is 49.2 Å². The van der Waals surface area contributed by atoms with Crippen LogP contribution in [0.15, 0.2) is 36.4 Å². The number of carbonyl (C=O) groups is 2. The Kier molecular flexibility index (Phi) is 6.30. The Morgan fingerprint density at radius 1 is 1.09 bits per heavy atom. The van der Waals surface area contributed by atoms with E-state index in [-0.39, 0.29) is 49.8 Å². The third kappa shape index (κ3) is 4.41. The average molecular weight is 469 g/mol.